The van der Waals surface area contributed by atoms with Gasteiger partial charge in [-0.25, -0.2) is 8.78 Å². The van der Waals surface area contributed by atoms with E-state index in [9.17, 15) is 9.50 Å². The molecule has 1 atom stereocenters. The van der Waals surface area contributed by atoms with Crippen LogP contribution < -0.4 is 4.74 Å². The van der Waals surface area contributed by atoms with Crippen molar-refractivity contribution in [3.05, 3.63) is 65.1 Å². The number of piperidine rings is 1. The summed E-state index contributed by atoms with van der Waals surface area (Å²) < 4.78 is 33.9. The number of pyridine rings is 1. The van der Waals surface area contributed by atoms with Crippen LogP contribution in [0.2, 0.25) is 5.02 Å². The second-order valence-electron chi connectivity index (χ2n) is 9.21. The number of benzene rings is 2. The van der Waals surface area contributed by atoms with E-state index in [0.717, 1.165) is 43.1 Å². The van der Waals surface area contributed by atoms with Crippen LogP contribution in [0, 0.1) is 11.2 Å². The number of thioether (sulfide) groups is 1. The van der Waals surface area contributed by atoms with Gasteiger partial charge in [0.2, 0.25) is 0 Å². The average Bonchev–Trinajstić information content (AvgIpc) is 2.89. The molecule has 4 rings (SSSR count). The molecule has 1 fully saturated rings. The quantitative estimate of drug-likeness (QED) is 0.302. The maximum atomic E-state index is 15.6. The molecule has 3 aromatic rings. The van der Waals surface area contributed by atoms with Crippen molar-refractivity contribution >= 4 is 34.3 Å². The molecule has 35 heavy (non-hydrogen) atoms. The number of nitrogens with zero attached hydrogens (tertiary/aromatic N) is 2. The van der Waals surface area contributed by atoms with Crippen molar-refractivity contribution in [3.8, 4) is 5.75 Å². The van der Waals surface area contributed by atoms with Crippen molar-refractivity contribution in [2.45, 2.75) is 36.8 Å². The Labute approximate surface area is 214 Å². The smallest absolute Gasteiger partial charge is 0.127 e. The maximum absolute atomic E-state index is 15.6. The highest BCUT2D eigenvalue weighted by Crippen LogP contribution is 2.42. The standard InChI is InChI=1S/C27H31ClF2N2O2S/c1-34-20-4-7-25-22(16-20)26(23(28)17-31-25)24(30)8-9-27(18-33)10-12-32(13-11-27)14-15-35-21-5-2-19(29)3-6-21/h2-7,16-17,24,33H,8-15,18H2,1H3/t24-/m0/s1. The second kappa shape index (κ2) is 11.9. The zero-order valence-corrected chi connectivity index (χ0v) is 21.4. The summed E-state index contributed by atoms with van der Waals surface area (Å²) in [6.07, 6.45) is 2.78. The van der Waals surface area contributed by atoms with E-state index in [2.05, 4.69) is 9.88 Å². The molecule has 1 N–H and O–H groups in total. The first-order valence-electron chi connectivity index (χ1n) is 11.9. The second-order valence-corrected chi connectivity index (χ2v) is 10.8. The predicted molar refractivity (Wildman–Crippen MR) is 139 cm³/mol. The zero-order chi connectivity index (χ0) is 24.8. The molecule has 188 valence electrons. The highest BCUT2D eigenvalue weighted by Gasteiger charge is 2.35. The largest absolute Gasteiger partial charge is 0.497 e. The molecule has 4 nitrogen and oxygen atoms in total. The Hall–Kier alpha value is -1.93. The molecule has 0 aliphatic carbocycles. The lowest BCUT2D eigenvalue weighted by molar-refractivity contribution is 0.0323. The van der Waals surface area contributed by atoms with Crippen LogP contribution >= 0.6 is 23.4 Å². The molecule has 2 aromatic carbocycles. The van der Waals surface area contributed by atoms with E-state index in [1.54, 1.807) is 49.2 Å². The van der Waals surface area contributed by atoms with Crippen LogP contribution in [0.1, 0.15) is 37.4 Å². The lowest BCUT2D eigenvalue weighted by atomic mass is 9.74. The van der Waals surface area contributed by atoms with Gasteiger partial charge >= 0.3 is 0 Å². The molecule has 0 amide bonds. The number of fused-ring (bicyclic) bond motifs is 1. The summed E-state index contributed by atoms with van der Waals surface area (Å²) in [5.74, 6) is 1.33. The van der Waals surface area contributed by atoms with E-state index < -0.39 is 6.17 Å². The average molecular weight is 521 g/mol. The number of aromatic nitrogens is 1. The fraction of sp³-hybridized carbons (Fsp3) is 0.444. The molecular weight excluding hydrogens is 490 g/mol. The number of likely N-dealkylation sites (tertiary alicyclic amines) is 1. The van der Waals surface area contributed by atoms with Gasteiger partial charge < -0.3 is 14.7 Å². The lowest BCUT2D eigenvalue weighted by Crippen LogP contribution is -2.42. The van der Waals surface area contributed by atoms with Crippen LogP contribution in [-0.4, -0.2) is 54.1 Å². The fourth-order valence-corrected chi connectivity index (χ4v) is 5.93. The van der Waals surface area contributed by atoms with Crippen molar-refractivity contribution in [2.24, 2.45) is 5.41 Å². The number of hydrogen-bond donors (Lipinski definition) is 1. The van der Waals surface area contributed by atoms with Gasteiger partial charge in [0.25, 0.3) is 0 Å². The van der Waals surface area contributed by atoms with E-state index in [4.69, 9.17) is 16.3 Å². The third kappa shape index (κ3) is 6.45. The number of halogens is 3. The molecule has 1 aliphatic heterocycles. The third-order valence-electron chi connectivity index (χ3n) is 7.05. The van der Waals surface area contributed by atoms with Crippen LogP contribution in [0.25, 0.3) is 10.9 Å². The van der Waals surface area contributed by atoms with Crippen LogP contribution in [0.5, 0.6) is 5.75 Å². The van der Waals surface area contributed by atoms with Gasteiger partial charge in [0.15, 0.2) is 0 Å². The topological polar surface area (TPSA) is 45.6 Å². The fourth-order valence-electron chi connectivity index (χ4n) is 4.75. The Morgan fingerprint density at radius 2 is 1.94 bits per heavy atom. The van der Waals surface area contributed by atoms with Crippen molar-refractivity contribution < 1.29 is 18.6 Å². The molecule has 1 aromatic heterocycles. The molecule has 0 bridgehead atoms. The van der Waals surface area contributed by atoms with E-state index >= 15 is 4.39 Å². The minimum atomic E-state index is -1.26. The molecule has 0 radical (unpaired) electrons. The SMILES string of the molecule is COc1ccc2ncc(Cl)c([C@@H](F)CCC3(CO)CCN(CCSc4ccc(F)cc4)CC3)c2c1. The van der Waals surface area contributed by atoms with Crippen molar-refractivity contribution in [2.75, 3.05) is 39.1 Å². The molecule has 0 saturated carbocycles. The van der Waals surface area contributed by atoms with Gasteiger partial charge in [-0.3, -0.25) is 4.98 Å². The zero-order valence-electron chi connectivity index (χ0n) is 19.9. The van der Waals surface area contributed by atoms with Gasteiger partial charge in [0.05, 0.1) is 17.6 Å². The molecule has 8 heteroatoms. The van der Waals surface area contributed by atoms with E-state index in [0.29, 0.717) is 33.7 Å². The molecule has 0 unspecified atom stereocenters. The highest BCUT2D eigenvalue weighted by atomic mass is 35.5. The Morgan fingerprint density at radius 1 is 1.20 bits per heavy atom. The summed E-state index contributed by atoms with van der Waals surface area (Å²) in [4.78, 5) is 7.76. The number of rotatable bonds is 10. The van der Waals surface area contributed by atoms with Crippen molar-refractivity contribution in [1.29, 1.82) is 0 Å². The first kappa shape index (κ1) is 26.1. The number of ether oxygens (including phenoxy) is 1. The van der Waals surface area contributed by atoms with Crippen LogP contribution in [-0.2, 0) is 0 Å². The van der Waals surface area contributed by atoms with Gasteiger partial charge in [0, 0.05) is 40.9 Å². The van der Waals surface area contributed by atoms with Gasteiger partial charge in [-0.1, -0.05) is 11.6 Å². The Balaban J connectivity index is 1.33. The van der Waals surface area contributed by atoms with E-state index in [1.165, 1.54) is 18.3 Å². The minimum absolute atomic E-state index is 0.0521. The van der Waals surface area contributed by atoms with Gasteiger partial charge in [-0.05, 0) is 86.7 Å². The first-order chi connectivity index (χ1) is 16.9. The summed E-state index contributed by atoms with van der Waals surface area (Å²) >= 11 is 8.09. The summed E-state index contributed by atoms with van der Waals surface area (Å²) in [5.41, 5.74) is 0.841. The highest BCUT2D eigenvalue weighted by molar-refractivity contribution is 7.99. The summed E-state index contributed by atoms with van der Waals surface area (Å²) in [5, 5.41) is 11.2. The van der Waals surface area contributed by atoms with E-state index in [-0.39, 0.29) is 24.3 Å². The lowest BCUT2D eigenvalue weighted by Gasteiger charge is -2.41. The number of methoxy groups -OCH3 is 1. The Kier molecular flexibility index (Phi) is 8.87. The third-order valence-corrected chi connectivity index (χ3v) is 8.34. The molecule has 1 aliphatic rings. The normalized spacial score (nSPS) is 16.9. The molecule has 0 spiro atoms. The molecule has 2 heterocycles. The van der Waals surface area contributed by atoms with Crippen LogP contribution in [0.4, 0.5) is 8.78 Å². The molecular formula is C27H31ClF2N2O2S. The van der Waals surface area contributed by atoms with E-state index in [1.807, 2.05) is 0 Å². The number of hydrogen-bond acceptors (Lipinski definition) is 5. The van der Waals surface area contributed by atoms with Gasteiger partial charge in [-0.2, -0.15) is 0 Å². The maximum Gasteiger partial charge on any atom is 0.127 e. The van der Waals surface area contributed by atoms with Crippen LogP contribution in [0.3, 0.4) is 0 Å². The minimum Gasteiger partial charge on any atom is -0.497 e. The predicted octanol–water partition coefficient (Wildman–Crippen LogP) is 6.69. The van der Waals surface area contributed by atoms with Gasteiger partial charge in [0.1, 0.15) is 17.7 Å². The Morgan fingerprint density at radius 3 is 2.63 bits per heavy atom. The first-order valence-corrected chi connectivity index (χ1v) is 13.3. The summed E-state index contributed by atoms with van der Waals surface area (Å²) in [6.45, 7) is 2.72. The number of aliphatic hydroxyl groups is 1. The van der Waals surface area contributed by atoms with Crippen molar-refractivity contribution in [3.63, 3.8) is 0 Å². The number of alkyl halides is 1. The number of aliphatic hydroxyl groups excluding tert-OH is 1. The Bertz CT molecular complexity index is 1120. The van der Waals surface area contributed by atoms with Gasteiger partial charge in [-0.15, -0.1) is 11.8 Å². The summed E-state index contributed by atoms with van der Waals surface area (Å²) in [7, 11) is 1.57. The van der Waals surface area contributed by atoms with Crippen molar-refractivity contribution in [1.82, 2.24) is 9.88 Å². The summed E-state index contributed by atoms with van der Waals surface area (Å²) in [6, 6.07) is 11.9. The van der Waals surface area contributed by atoms with Crippen LogP contribution in [0.15, 0.2) is 53.6 Å². The monoisotopic (exact) mass is 520 g/mol. The molecule has 1 saturated heterocycles.